The van der Waals surface area contributed by atoms with Gasteiger partial charge in [-0.2, -0.15) is 0 Å². The van der Waals surface area contributed by atoms with Gasteiger partial charge in [0.25, 0.3) is 0 Å². The Morgan fingerprint density at radius 1 is 1.87 bits per heavy atom. The van der Waals surface area contributed by atoms with Gasteiger partial charge >= 0.3 is 0 Å². The minimum Gasteiger partial charge on any atom is -0.383 e. The maximum atomic E-state index is 7.87. The number of nitrogens with two attached hydrogens (primary N) is 1. The number of nitrogens with one attached hydrogen (secondary N) is 1. The summed E-state index contributed by atoms with van der Waals surface area (Å²) in [5, 5.41) is 7.87. The molecule has 0 aliphatic carbocycles. The Labute approximate surface area is 103 Å². The molecule has 0 fully saturated rings. The molecule has 15 heavy (non-hydrogen) atoms. The van der Waals surface area contributed by atoms with Crippen molar-refractivity contribution in [1.82, 2.24) is 4.90 Å². The van der Waals surface area contributed by atoms with Gasteiger partial charge in [0.05, 0.1) is 12.1 Å². The van der Waals surface area contributed by atoms with Crippen LogP contribution in [0.5, 0.6) is 0 Å². The lowest BCUT2D eigenvalue weighted by Crippen LogP contribution is -2.23. The number of hydrogen-bond acceptors (Lipinski definition) is 3. The molecule has 5 heteroatoms. The Balaban J connectivity index is 3.07. The highest BCUT2D eigenvalue weighted by molar-refractivity contribution is 14.1. The summed E-state index contributed by atoms with van der Waals surface area (Å²) in [5.74, 6) is 3.14. The van der Waals surface area contributed by atoms with Crippen molar-refractivity contribution in [2.24, 2.45) is 10.7 Å². The van der Waals surface area contributed by atoms with Gasteiger partial charge < -0.3 is 10.6 Å². The molecule has 0 aromatic heterocycles. The molecule has 4 nitrogen and oxygen atoms in total. The van der Waals surface area contributed by atoms with Crippen LogP contribution in [-0.4, -0.2) is 23.5 Å². The number of halogens is 1. The molecule has 0 aromatic rings. The van der Waals surface area contributed by atoms with E-state index in [0.717, 1.165) is 3.58 Å². The van der Waals surface area contributed by atoms with Crippen LogP contribution in [0.1, 0.15) is 6.92 Å². The van der Waals surface area contributed by atoms with E-state index in [2.05, 4.69) is 33.5 Å². The van der Waals surface area contributed by atoms with Gasteiger partial charge in [-0.15, -0.1) is 6.42 Å². The number of amidine groups is 1. The van der Waals surface area contributed by atoms with E-state index in [4.69, 9.17) is 17.6 Å². The molecular weight excluding hydrogens is 303 g/mol. The lowest BCUT2D eigenvalue weighted by Gasteiger charge is -2.12. The van der Waals surface area contributed by atoms with Gasteiger partial charge in [-0.25, -0.2) is 4.99 Å². The molecule has 0 atom stereocenters. The summed E-state index contributed by atoms with van der Waals surface area (Å²) in [5.41, 5.74) is 6.39. The normalized spacial score (nSPS) is 19.4. The van der Waals surface area contributed by atoms with Crippen LogP contribution in [0.4, 0.5) is 0 Å². The van der Waals surface area contributed by atoms with Gasteiger partial charge in [-0.3, -0.25) is 5.41 Å². The van der Waals surface area contributed by atoms with E-state index in [-0.39, 0.29) is 0 Å². The van der Waals surface area contributed by atoms with Crippen LogP contribution in [0, 0.1) is 17.8 Å². The molecule has 78 valence electrons. The van der Waals surface area contributed by atoms with E-state index in [1.54, 1.807) is 24.2 Å². The first kappa shape index (κ1) is 11.8. The van der Waals surface area contributed by atoms with Crippen molar-refractivity contribution < 1.29 is 0 Å². The van der Waals surface area contributed by atoms with E-state index in [0.29, 0.717) is 23.8 Å². The van der Waals surface area contributed by atoms with Crippen molar-refractivity contribution in [2.75, 3.05) is 6.54 Å². The molecule has 1 aliphatic rings. The van der Waals surface area contributed by atoms with E-state index in [1.807, 2.05) is 0 Å². The molecular formula is C10H11IN4. The predicted octanol–water partition coefficient (Wildman–Crippen LogP) is 1.45. The second-order valence-corrected chi connectivity index (χ2v) is 3.97. The third kappa shape index (κ3) is 2.39. The van der Waals surface area contributed by atoms with Gasteiger partial charge in [-0.05, 0) is 29.5 Å². The van der Waals surface area contributed by atoms with E-state index >= 15 is 0 Å². The van der Waals surface area contributed by atoms with Crippen LogP contribution in [0.2, 0.25) is 0 Å². The van der Waals surface area contributed by atoms with Crippen LogP contribution in [0.3, 0.4) is 0 Å². The fourth-order valence-corrected chi connectivity index (χ4v) is 2.06. The summed E-state index contributed by atoms with van der Waals surface area (Å²) in [7, 11) is 0. The lowest BCUT2D eigenvalue weighted by atomic mass is 10.2. The Kier molecular flexibility index (Phi) is 3.91. The number of terminal acetylenes is 1. The van der Waals surface area contributed by atoms with Gasteiger partial charge in [-0.1, -0.05) is 5.92 Å². The maximum Gasteiger partial charge on any atom is 0.137 e. The Bertz CT molecular complexity index is 412. The number of hydrogen-bond donors (Lipinski definition) is 2. The Morgan fingerprint density at radius 3 is 3.07 bits per heavy atom. The zero-order valence-electron chi connectivity index (χ0n) is 8.29. The zero-order chi connectivity index (χ0) is 11.4. The molecule has 1 heterocycles. The van der Waals surface area contributed by atoms with Crippen molar-refractivity contribution in [2.45, 2.75) is 6.92 Å². The summed E-state index contributed by atoms with van der Waals surface area (Å²) in [6, 6.07) is 0. The zero-order valence-corrected chi connectivity index (χ0v) is 10.4. The maximum absolute atomic E-state index is 7.87. The average Bonchev–Trinajstić information content (AvgIpc) is 2.43. The highest BCUT2D eigenvalue weighted by atomic mass is 127. The highest BCUT2D eigenvalue weighted by Crippen LogP contribution is 2.29. The predicted molar refractivity (Wildman–Crippen MR) is 70.7 cm³/mol. The first-order valence-corrected chi connectivity index (χ1v) is 5.34. The second-order valence-electron chi connectivity index (χ2n) is 2.81. The molecule has 0 spiro atoms. The van der Waals surface area contributed by atoms with Crippen LogP contribution in [-0.2, 0) is 0 Å². The minimum absolute atomic E-state index is 0.306. The molecule has 0 bridgehead atoms. The molecule has 3 N–H and O–H groups in total. The smallest absolute Gasteiger partial charge is 0.137 e. The lowest BCUT2D eigenvalue weighted by molar-refractivity contribution is 0.642. The topological polar surface area (TPSA) is 65.5 Å². The second kappa shape index (κ2) is 4.98. The number of aliphatic imine (C=N–C) groups is 1. The van der Waals surface area contributed by atoms with Crippen molar-refractivity contribution >= 4 is 34.6 Å². The first-order chi connectivity index (χ1) is 7.11. The fraction of sp³-hybridized carbons (Fsp3) is 0.200. The SMILES string of the molecule is C#CCN1C=C(I)/C(=C(N)/N=C/C)C1=N. The van der Waals surface area contributed by atoms with Gasteiger partial charge in [0.15, 0.2) is 0 Å². The third-order valence-corrected chi connectivity index (χ3v) is 2.64. The molecule has 0 amide bonds. The van der Waals surface area contributed by atoms with Gasteiger partial charge in [0, 0.05) is 16.0 Å². The Hall–Kier alpha value is -1.29. The fourth-order valence-electron chi connectivity index (χ4n) is 1.19. The van der Waals surface area contributed by atoms with Crippen molar-refractivity contribution in [3.8, 4) is 12.3 Å². The molecule has 1 aliphatic heterocycles. The third-order valence-electron chi connectivity index (χ3n) is 1.82. The summed E-state index contributed by atoms with van der Waals surface area (Å²) in [4.78, 5) is 5.63. The number of rotatable bonds is 2. The monoisotopic (exact) mass is 314 g/mol. The van der Waals surface area contributed by atoms with Crippen LogP contribution in [0.15, 0.2) is 26.2 Å². The largest absolute Gasteiger partial charge is 0.383 e. The summed E-state index contributed by atoms with van der Waals surface area (Å²) in [6.07, 6.45) is 8.60. The quantitative estimate of drug-likeness (QED) is 0.460. The summed E-state index contributed by atoms with van der Waals surface area (Å²) in [6.45, 7) is 2.15. The minimum atomic E-state index is 0.306. The molecule has 0 aromatic carbocycles. The van der Waals surface area contributed by atoms with E-state index < -0.39 is 0 Å². The summed E-state index contributed by atoms with van der Waals surface area (Å²) < 4.78 is 0.885. The molecule has 0 saturated heterocycles. The molecule has 0 unspecified atom stereocenters. The molecule has 0 radical (unpaired) electrons. The van der Waals surface area contributed by atoms with Crippen LogP contribution < -0.4 is 5.73 Å². The number of nitrogens with zero attached hydrogens (tertiary/aromatic N) is 2. The van der Waals surface area contributed by atoms with E-state index in [1.165, 1.54) is 0 Å². The van der Waals surface area contributed by atoms with Crippen molar-refractivity contribution in [3.63, 3.8) is 0 Å². The van der Waals surface area contributed by atoms with Crippen molar-refractivity contribution in [3.05, 3.63) is 21.2 Å². The molecule has 0 saturated carbocycles. The highest BCUT2D eigenvalue weighted by Gasteiger charge is 2.24. The first-order valence-electron chi connectivity index (χ1n) is 4.27. The van der Waals surface area contributed by atoms with Crippen molar-refractivity contribution in [1.29, 1.82) is 5.41 Å². The van der Waals surface area contributed by atoms with E-state index in [9.17, 15) is 0 Å². The standard InChI is InChI=1S/C10H11IN4/c1-3-5-15-6-7(11)8(10(15)13)9(12)14-4-2/h1,4,6,13H,5,12H2,2H3/b9-8-,13-10?,14-4+. The average molecular weight is 314 g/mol. The van der Waals surface area contributed by atoms with Gasteiger partial charge in [0.1, 0.15) is 11.7 Å². The Morgan fingerprint density at radius 2 is 2.53 bits per heavy atom. The summed E-state index contributed by atoms with van der Waals surface area (Å²) >= 11 is 2.12. The molecule has 1 rings (SSSR count). The van der Waals surface area contributed by atoms with Gasteiger partial charge in [0.2, 0.25) is 0 Å². The van der Waals surface area contributed by atoms with Crippen LogP contribution >= 0.6 is 22.6 Å². The van der Waals surface area contributed by atoms with Crippen LogP contribution in [0.25, 0.3) is 0 Å².